The van der Waals surface area contributed by atoms with E-state index < -0.39 is 0 Å². The van der Waals surface area contributed by atoms with Crippen molar-refractivity contribution in [1.82, 2.24) is 0 Å². The van der Waals surface area contributed by atoms with Crippen LogP contribution in [0, 0.1) is 13.8 Å². The van der Waals surface area contributed by atoms with E-state index >= 15 is 0 Å². The molecule has 0 aliphatic carbocycles. The van der Waals surface area contributed by atoms with E-state index in [1.54, 1.807) is 0 Å². The third-order valence-corrected chi connectivity index (χ3v) is 3.42. The van der Waals surface area contributed by atoms with E-state index in [0.717, 1.165) is 31.6 Å². The lowest BCUT2D eigenvalue weighted by molar-refractivity contribution is 0.317. The molecule has 1 aromatic carbocycles. The minimum atomic E-state index is 0.572. The molecular weight excluding hydrogens is 232 g/mol. The average Bonchev–Trinajstić information content (AvgIpc) is 2.36. The fourth-order valence-electron chi connectivity index (χ4n) is 2.60. The van der Waals surface area contributed by atoms with Gasteiger partial charge in [0.15, 0.2) is 0 Å². The molecule has 0 amide bonds. The maximum absolute atomic E-state index is 5.74. The maximum Gasteiger partial charge on any atom is 0.119 e. The van der Waals surface area contributed by atoms with Gasteiger partial charge in [-0.3, -0.25) is 0 Å². The second kappa shape index (κ2) is 8.04. The average molecular weight is 260 g/mol. The standard InChI is InChI=1S/C18H28O/c1-6-8-9-10-14(3)18-15(4)12-17(13-16(18)5)19-11-7-2/h8-9,12-14H,6-7,10-11H2,1-5H3/b9-8-. The molecule has 0 saturated carbocycles. The van der Waals surface area contributed by atoms with Crippen molar-refractivity contribution in [3.8, 4) is 5.75 Å². The quantitative estimate of drug-likeness (QED) is 0.584. The lowest BCUT2D eigenvalue weighted by Crippen LogP contribution is -2.02. The minimum absolute atomic E-state index is 0.572. The van der Waals surface area contributed by atoms with Crippen molar-refractivity contribution in [2.75, 3.05) is 6.61 Å². The van der Waals surface area contributed by atoms with Gasteiger partial charge in [0.05, 0.1) is 6.61 Å². The smallest absolute Gasteiger partial charge is 0.119 e. The van der Waals surface area contributed by atoms with Crippen LogP contribution in [0.3, 0.4) is 0 Å². The molecule has 0 aromatic heterocycles. The summed E-state index contributed by atoms with van der Waals surface area (Å²) < 4.78 is 5.74. The molecule has 1 atom stereocenters. The number of benzene rings is 1. The van der Waals surface area contributed by atoms with Crippen LogP contribution in [0.4, 0.5) is 0 Å². The Labute approximate surface area is 118 Å². The van der Waals surface area contributed by atoms with Crippen LogP contribution in [0.5, 0.6) is 5.75 Å². The van der Waals surface area contributed by atoms with Gasteiger partial charge in [0.1, 0.15) is 5.75 Å². The molecule has 1 unspecified atom stereocenters. The number of allylic oxidation sites excluding steroid dienone is 2. The topological polar surface area (TPSA) is 9.23 Å². The Hall–Kier alpha value is -1.24. The van der Waals surface area contributed by atoms with Gasteiger partial charge in [-0.2, -0.15) is 0 Å². The van der Waals surface area contributed by atoms with Crippen LogP contribution in [0.1, 0.15) is 62.6 Å². The van der Waals surface area contributed by atoms with E-state index in [1.807, 2.05) is 0 Å². The Kier molecular flexibility index (Phi) is 6.69. The monoisotopic (exact) mass is 260 g/mol. The molecule has 0 aliphatic heterocycles. The van der Waals surface area contributed by atoms with Gasteiger partial charge in [0, 0.05) is 0 Å². The van der Waals surface area contributed by atoms with Gasteiger partial charge in [-0.05, 0) is 67.9 Å². The van der Waals surface area contributed by atoms with Gasteiger partial charge < -0.3 is 4.74 Å². The fraction of sp³-hybridized carbons (Fsp3) is 0.556. The van der Waals surface area contributed by atoms with E-state index in [4.69, 9.17) is 4.74 Å². The summed E-state index contributed by atoms with van der Waals surface area (Å²) in [5.41, 5.74) is 4.18. The SMILES string of the molecule is CC/C=C\CC(C)c1c(C)cc(OCCC)cc1C. The number of ether oxygens (including phenoxy) is 1. The summed E-state index contributed by atoms with van der Waals surface area (Å²) in [4.78, 5) is 0. The Morgan fingerprint density at radius 3 is 2.26 bits per heavy atom. The molecule has 0 fully saturated rings. The Morgan fingerprint density at radius 1 is 1.11 bits per heavy atom. The minimum Gasteiger partial charge on any atom is -0.494 e. The first-order valence-electron chi connectivity index (χ1n) is 7.49. The molecule has 1 heteroatoms. The maximum atomic E-state index is 5.74. The van der Waals surface area contributed by atoms with Crippen LogP contribution >= 0.6 is 0 Å². The number of hydrogen-bond acceptors (Lipinski definition) is 1. The number of hydrogen-bond donors (Lipinski definition) is 0. The van der Waals surface area contributed by atoms with E-state index in [9.17, 15) is 0 Å². The van der Waals surface area contributed by atoms with Crippen LogP contribution in [-0.4, -0.2) is 6.61 Å². The summed E-state index contributed by atoms with van der Waals surface area (Å²) in [6.07, 6.45) is 7.84. The molecule has 0 aliphatic rings. The predicted molar refractivity (Wildman–Crippen MR) is 84.2 cm³/mol. The Bertz CT molecular complexity index is 395. The summed E-state index contributed by atoms with van der Waals surface area (Å²) in [5, 5.41) is 0. The molecule has 19 heavy (non-hydrogen) atoms. The molecule has 0 saturated heterocycles. The lowest BCUT2D eigenvalue weighted by atomic mass is 9.89. The van der Waals surface area contributed by atoms with E-state index in [-0.39, 0.29) is 0 Å². The first kappa shape index (κ1) is 15.8. The van der Waals surface area contributed by atoms with Crippen LogP contribution in [-0.2, 0) is 0 Å². The Morgan fingerprint density at radius 2 is 1.74 bits per heavy atom. The predicted octanol–water partition coefficient (Wildman–Crippen LogP) is 5.55. The van der Waals surface area contributed by atoms with Crippen molar-refractivity contribution in [2.45, 2.75) is 59.8 Å². The van der Waals surface area contributed by atoms with Crippen LogP contribution < -0.4 is 4.74 Å². The summed E-state index contributed by atoms with van der Waals surface area (Å²) >= 11 is 0. The second-order valence-corrected chi connectivity index (χ2v) is 5.34. The van der Waals surface area contributed by atoms with Crippen molar-refractivity contribution >= 4 is 0 Å². The second-order valence-electron chi connectivity index (χ2n) is 5.34. The largest absolute Gasteiger partial charge is 0.494 e. The van der Waals surface area contributed by atoms with Crippen molar-refractivity contribution < 1.29 is 4.74 Å². The van der Waals surface area contributed by atoms with Crippen LogP contribution in [0.15, 0.2) is 24.3 Å². The van der Waals surface area contributed by atoms with Crippen molar-refractivity contribution in [3.05, 3.63) is 41.0 Å². The highest BCUT2D eigenvalue weighted by atomic mass is 16.5. The summed E-state index contributed by atoms with van der Waals surface area (Å²) in [6.45, 7) is 11.8. The first-order valence-corrected chi connectivity index (χ1v) is 7.49. The van der Waals surface area contributed by atoms with E-state index in [1.165, 1.54) is 16.7 Å². The molecule has 0 heterocycles. The lowest BCUT2D eigenvalue weighted by Gasteiger charge is -2.18. The van der Waals surface area contributed by atoms with Gasteiger partial charge in [-0.15, -0.1) is 0 Å². The number of aryl methyl sites for hydroxylation is 2. The first-order chi connectivity index (χ1) is 9.10. The summed E-state index contributed by atoms with van der Waals surface area (Å²) in [6, 6.07) is 4.36. The van der Waals surface area contributed by atoms with Gasteiger partial charge in [-0.25, -0.2) is 0 Å². The van der Waals surface area contributed by atoms with Gasteiger partial charge in [0.25, 0.3) is 0 Å². The van der Waals surface area contributed by atoms with Crippen LogP contribution in [0.2, 0.25) is 0 Å². The third kappa shape index (κ3) is 4.74. The van der Waals surface area contributed by atoms with E-state index in [2.05, 4.69) is 58.9 Å². The number of rotatable bonds is 7. The normalized spacial score (nSPS) is 12.9. The van der Waals surface area contributed by atoms with Crippen molar-refractivity contribution in [2.24, 2.45) is 0 Å². The van der Waals surface area contributed by atoms with Gasteiger partial charge in [0.2, 0.25) is 0 Å². The molecule has 0 bridgehead atoms. The molecule has 1 rings (SSSR count). The zero-order valence-electron chi connectivity index (χ0n) is 13.1. The highest BCUT2D eigenvalue weighted by molar-refractivity contribution is 5.43. The molecular formula is C18H28O. The summed E-state index contributed by atoms with van der Waals surface area (Å²) in [7, 11) is 0. The highest BCUT2D eigenvalue weighted by Gasteiger charge is 2.12. The Balaban J connectivity index is 2.86. The molecule has 1 aromatic rings. The highest BCUT2D eigenvalue weighted by Crippen LogP contribution is 2.30. The van der Waals surface area contributed by atoms with Crippen molar-refractivity contribution in [1.29, 1.82) is 0 Å². The van der Waals surface area contributed by atoms with E-state index in [0.29, 0.717) is 5.92 Å². The molecule has 0 N–H and O–H groups in total. The van der Waals surface area contributed by atoms with Crippen molar-refractivity contribution in [3.63, 3.8) is 0 Å². The summed E-state index contributed by atoms with van der Waals surface area (Å²) in [5.74, 6) is 1.58. The molecule has 1 nitrogen and oxygen atoms in total. The zero-order valence-corrected chi connectivity index (χ0v) is 13.1. The molecule has 0 spiro atoms. The van der Waals surface area contributed by atoms with Gasteiger partial charge in [-0.1, -0.05) is 32.9 Å². The molecule has 106 valence electrons. The van der Waals surface area contributed by atoms with Gasteiger partial charge >= 0.3 is 0 Å². The third-order valence-electron chi connectivity index (χ3n) is 3.42. The fourth-order valence-corrected chi connectivity index (χ4v) is 2.60. The zero-order chi connectivity index (χ0) is 14.3. The molecule has 0 radical (unpaired) electrons. The van der Waals surface area contributed by atoms with Crippen LogP contribution in [0.25, 0.3) is 0 Å².